The van der Waals surface area contributed by atoms with Gasteiger partial charge in [0, 0.05) is 49.8 Å². The number of fused-ring (bicyclic) bond motifs is 1. The molecule has 0 fully saturated rings. The number of carbonyl (C=O) groups excluding carboxylic acids is 2. The van der Waals surface area contributed by atoms with Crippen LogP contribution >= 0.6 is 24.0 Å². The van der Waals surface area contributed by atoms with Crippen molar-refractivity contribution < 1.29 is 9.59 Å². The number of rotatable bonds is 6. The second kappa shape index (κ2) is 11.7. The number of nitrogens with one attached hydrogen (secondary N) is 4. The minimum Gasteiger partial charge on any atom is -0.356 e. The molecule has 166 valence electrons. The first-order valence-corrected chi connectivity index (χ1v) is 10.2. The maximum absolute atomic E-state index is 12.0. The Kier molecular flexibility index (Phi) is 9.29. The Morgan fingerprint density at radius 3 is 2.52 bits per heavy atom. The van der Waals surface area contributed by atoms with Crippen LogP contribution in [-0.2, 0) is 16.1 Å². The zero-order chi connectivity index (χ0) is 21.5. The zero-order valence-electron chi connectivity index (χ0n) is 18.1. The monoisotopic (exact) mass is 535 g/mol. The molecule has 2 aromatic carbocycles. The molecule has 8 heteroatoms. The van der Waals surface area contributed by atoms with E-state index in [0.717, 1.165) is 22.5 Å². The Labute approximate surface area is 200 Å². The van der Waals surface area contributed by atoms with E-state index >= 15 is 0 Å². The quantitative estimate of drug-likeness (QED) is 0.258. The molecular weight excluding hydrogens is 505 g/mol. The van der Waals surface area contributed by atoms with Crippen LogP contribution in [0.5, 0.6) is 0 Å². The van der Waals surface area contributed by atoms with Gasteiger partial charge in [-0.2, -0.15) is 0 Å². The molecular formula is C23H30IN5O2. The summed E-state index contributed by atoms with van der Waals surface area (Å²) in [5, 5.41) is 12.4. The molecule has 1 atom stereocenters. The number of benzene rings is 2. The third-order valence-corrected chi connectivity index (χ3v) is 5.05. The molecule has 7 nitrogen and oxygen atoms in total. The van der Waals surface area contributed by atoms with Crippen LogP contribution < -0.4 is 21.3 Å². The van der Waals surface area contributed by atoms with E-state index in [1.165, 1.54) is 0 Å². The molecule has 0 aliphatic carbocycles. The summed E-state index contributed by atoms with van der Waals surface area (Å²) in [6.45, 7) is 4.94. The number of para-hydroxylation sites is 1. The molecule has 0 saturated heterocycles. The van der Waals surface area contributed by atoms with Crippen molar-refractivity contribution in [1.29, 1.82) is 0 Å². The maximum atomic E-state index is 12.0. The standard InChI is InChI=1S/C23H29N5O2.HI/c1-15(2)22(30)27-18-10-8-16(9-11-18)13-25-23(24-3)26-14-17-12-21(29)28-20-7-5-4-6-19(17)20;/h4-11,15,17H,12-14H2,1-3H3,(H,27,30)(H,28,29)(H2,24,25,26);1H. The van der Waals surface area contributed by atoms with E-state index in [9.17, 15) is 9.59 Å². The van der Waals surface area contributed by atoms with Crippen LogP contribution in [0.2, 0.25) is 0 Å². The summed E-state index contributed by atoms with van der Waals surface area (Å²) in [6, 6.07) is 15.6. The van der Waals surface area contributed by atoms with Crippen molar-refractivity contribution in [2.75, 3.05) is 24.2 Å². The predicted molar refractivity (Wildman–Crippen MR) is 136 cm³/mol. The number of hydrogen-bond acceptors (Lipinski definition) is 3. The van der Waals surface area contributed by atoms with E-state index < -0.39 is 0 Å². The minimum atomic E-state index is -0.0528. The van der Waals surface area contributed by atoms with Crippen LogP contribution in [-0.4, -0.2) is 31.4 Å². The highest BCUT2D eigenvalue weighted by atomic mass is 127. The first-order valence-electron chi connectivity index (χ1n) is 10.2. The fourth-order valence-electron chi connectivity index (χ4n) is 3.30. The summed E-state index contributed by atoms with van der Waals surface area (Å²) in [5.74, 6) is 0.757. The third-order valence-electron chi connectivity index (χ3n) is 5.05. The largest absolute Gasteiger partial charge is 0.356 e. The van der Waals surface area contributed by atoms with Gasteiger partial charge in [-0.25, -0.2) is 0 Å². The molecule has 1 aliphatic heterocycles. The predicted octanol–water partition coefficient (Wildman–Crippen LogP) is 3.69. The van der Waals surface area contributed by atoms with Gasteiger partial charge >= 0.3 is 0 Å². The highest BCUT2D eigenvalue weighted by molar-refractivity contribution is 14.0. The summed E-state index contributed by atoms with van der Waals surface area (Å²) in [5.41, 5.74) is 3.88. The molecule has 0 bridgehead atoms. The van der Waals surface area contributed by atoms with Crippen LogP contribution in [0.25, 0.3) is 0 Å². The lowest BCUT2D eigenvalue weighted by molar-refractivity contribution is -0.119. The van der Waals surface area contributed by atoms with E-state index in [0.29, 0.717) is 25.5 Å². The Morgan fingerprint density at radius 1 is 1.13 bits per heavy atom. The lowest BCUT2D eigenvalue weighted by atomic mass is 9.90. The molecule has 0 spiro atoms. The van der Waals surface area contributed by atoms with Crippen molar-refractivity contribution in [1.82, 2.24) is 10.6 Å². The Bertz CT molecular complexity index is 928. The average Bonchev–Trinajstić information content (AvgIpc) is 2.74. The number of nitrogens with zero attached hydrogens (tertiary/aromatic N) is 1. The summed E-state index contributed by atoms with van der Waals surface area (Å²) in [6.07, 6.45) is 0.449. The molecule has 0 saturated carbocycles. The number of guanidine groups is 1. The van der Waals surface area contributed by atoms with Crippen LogP contribution in [0, 0.1) is 5.92 Å². The van der Waals surface area contributed by atoms with Crippen molar-refractivity contribution in [3.8, 4) is 0 Å². The molecule has 2 amide bonds. The van der Waals surface area contributed by atoms with Gasteiger partial charge in [-0.05, 0) is 29.3 Å². The Morgan fingerprint density at radius 2 is 1.84 bits per heavy atom. The van der Waals surface area contributed by atoms with Crippen LogP contribution in [0.4, 0.5) is 11.4 Å². The van der Waals surface area contributed by atoms with Crippen molar-refractivity contribution in [2.45, 2.75) is 32.7 Å². The van der Waals surface area contributed by atoms with E-state index in [2.05, 4.69) is 32.3 Å². The van der Waals surface area contributed by atoms with Crippen LogP contribution in [0.1, 0.15) is 37.3 Å². The van der Waals surface area contributed by atoms with Gasteiger partial charge in [0.2, 0.25) is 11.8 Å². The fraction of sp³-hybridized carbons (Fsp3) is 0.348. The van der Waals surface area contributed by atoms with Gasteiger partial charge in [0.05, 0.1) is 0 Å². The highest BCUT2D eigenvalue weighted by Crippen LogP contribution is 2.31. The van der Waals surface area contributed by atoms with E-state index in [1.807, 2.05) is 56.3 Å². The van der Waals surface area contributed by atoms with Gasteiger partial charge in [0.15, 0.2) is 5.96 Å². The molecule has 2 aromatic rings. The number of carbonyl (C=O) groups is 2. The van der Waals surface area contributed by atoms with Crippen molar-refractivity contribution in [3.05, 3.63) is 59.7 Å². The van der Waals surface area contributed by atoms with Gasteiger partial charge in [0.1, 0.15) is 0 Å². The maximum Gasteiger partial charge on any atom is 0.226 e. The second-order valence-corrected chi connectivity index (χ2v) is 7.68. The van der Waals surface area contributed by atoms with Gasteiger partial charge in [-0.3, -0.25) is 14.6 Å². The Hall–Kier alpha value is -2.62. The van der Waals surface area contributed by atoms with Crippen molar-refractivity contribution in [3.63, 3.8) is 0 Å². The van der Waals surface area contributed by atoms with Crippen molar-refractivity contribution in [2.24, 2.45) is 10.9 Å². The third kappa shape index (κ3) is 6.95. The molecule has 0 aromatic heterocycles. The number of aliphatic imine (C=N–C) groups is 1. The molecule has 3 rings (SSSR count). The number of hydrogen-bond donors (Lipinski definition) is 4. The highest BCUT2D eigenvalue weighted by Gasteiger charge is 2.24. The zero-order valence-corrected chi connectivity index (χ0v) is 20.4. The number of anilines is 2. The first kappa shape index (κ1) is 24.6. The molecule has 1 aliphatic rings. The normalized spacial score (nSPS) is 15.4. The van der Waals surface area contributed by atoms with E-state index in [-0.39, 0.29) is 47.6 Å². The lowest BCUT2D eigenvalue weighted by Gasteiger charge is -2.26. The SMILES string of the molecule is CN=C(NCc1ccc(NC(=O)C(C)C)cc1)NCC1CC(=O)Nc2ccccc21.I. The number of halogens is 1. The van der Waals surface area contributed by atoms with Crippen molar-refractivity contribution >= 4 is 53.1 Å². The van der Waals surface area contributed by atoms with Gasteiger partial charge < -0.3 is 21.3 Å². The molecule has 4 N–H and O–H groups in total. The second-order valence-electron chi connectivity index (χ2n) is 7.68. The summed E-state index contributed by atoms with van der Waals surface area (Å²) in [7, 11) is 1.72. The van der Waals surface area contributed by atoms with Gasteiger partial charge in [0.25, 0.3) is 0 Å². The Balaban J connectivity index is 0.00000341. The average molecular weight is 535 g/mol. The van der Waals surface area contributed by atoms with Crippen LogP contribution in [0.15, 0.2) is 53.5 Å². The first-order chi connectivity index (χ1) is 14.5. The summed E-state index contributed by atoms with van der Waals surface area (Å²) < 4.78 is 0. The van der Waals surface area contributed by atoms with Gasteiger partial charge in [-0.15, -0.1) is 24.0 Å². The van der Waals surface area contributed by atoms with Gasteiger partial charge in [-0.1, -0.05) is 44.2 Å². The molecule has 0 radical (unpaired) electrons. The topological polar surface area (TPSA) is 94.6 Å². The lowest BCUT2D eigenvalue weighted by Crippen LogP contribution is -2.40. The van der Waals surface area contributed by atoms with E-state index in [4.69, 9.17) is 0 Å². The van der Waals surface area contributed by atoms with E-state index in [1.54, 1.807) is 7.05 Å². The van der Waals surface area contributed by atoms with Crippen LogP contribution in [0.3, 0.4) is 0 Å². The molecule has 31 heavy (non-hydrogen) atoms. The molecule has 1 unspecified atom stereocenters. The minimum absolute atomic E-state index is 0. The fourth-order valence-corrected chi connectivity index (χ4v) is 3.30. The number of amides is 2. The smallest absolute Gasteiger partial charge is 0.226 e. The summed E-state index contributed by atoms with van der Waals surface area (Å²) in [4.78, 5) is 28.0. The molecule has 1 heterocycles. The summed E-state index contributed by atoms with van der Waals surface area (Å²) >= 11 is 0.